The van der Waals surface area contributed by atoms with Gasteiger partial charge < -0.3 is 4.90 Å². The molecular weight excluding hydrogens is 264 g/mol. The van der Waals surface area contributed by atoms with Crippen molar-refractivity contribution in [3.8, 4) is 0 Å². The molecule has 0 saturated carbocycles. The first-order valence-corrected chi connectivity index (χ1v) is 8.09. The molecule has 1 unspecified atom stereocenters. The van der Waals surface area contributed by atoms with Crippen LogP contribution in [0.4, 0.5) is 0 Å². The molecule has 21 heavy (non-hydrogen) atoms. The van der Waals surface area contributed by atoms with E-state index in [1.165, 1.54) is 25.9 Å². The van der Waals surface area contributed by atoms with Crippen molar-refractivity contribution in [2.24, 2.45) is 0 Å². The Balaban J connectivity index is 1.67. The SMILES string of the molecule is O=C1c2ccccc2C(=O)N1[C@H]1CCC[NH+]2CCCC[C@@H]12. The van der Waals surface area contributed by atoms with Gasteiger partial charge in [-0.15, -0.1) is 0 Å². The Morgan fingerprint density at radius 2 is 1.57 bits per heavy atom. The highest BCUT2D eigenvalue weighted by Crippen LogP contribution is 2.29. The van der Waals surface area contributed by atoms with Gasteiger partial charge in [-0.05, 0) is 37.8 Å². The number of amides is 2. The standard InChI is InChI=1S/C17H20N2O2/c20-16-12-6-1-2-7-13(12)17(21)19(16)15-9-5-11-18-10-4-3-8-14(15)18/h1-2,6-7,14-15H,3-5,8-11H2/p+1/t14-,15-/m0/s1. The lowest BCUT2D eigenvalue weighted by molar-refractivity contribution is -0.937. The molecule has 2 saturated heterocycles. The topological polar surface area (TPSA) is 41.8 Å². The van der Waals surface area contributed by atoms with Gasteiger partial charge in [-0.2, -0.15) is 0 Å². The van der Waals surface area contributed by atoms with Gasteiger partial charge in [0.25, 0.3) is 11.8 Å². The highest BCUT2D eigenvalue weighted by molar-refractivity contribution is 6.21. The third-order valence-corrected chi connectivity index (χ3v) is 5.41. The van der Waals surface area contributed by atoms with E-state index in [0.29, 0.717) is 17.2 Å². The zero-order valence-corrected chi connectivity index (χ0v) is 12.2. The van der Waals surface area contributed by atoms with Crippen LogP contribution in [0.15, 0.2) is 24.3 Å². The van der Waals surface area contributed by atoms with Crippen LogP contribution in [-0.2, 0) is 0 Å². The molecule has 3 aliphatic rings. The molecule has 3 aliphatic heterocycles. The number of nitrogens with one attached hydrogen (secondary N) is 1. The van der Waals surface area contributed by atoms with Gasteiger partial charge in [0.1, 0.15) is 6.04 Å². The fourth-order valence-electron chi connectivity index (χ4n) is 4.44. The summed E-state index contributed by atoms with van der Waals surface area (Å²) < 4.78 is 0. The van der Waals surface area contributed by atoms with Crippen LogP contribution in [-0.4, -0.2) is 41.9 Å². The summed E-state index contributed by atoms with van der Waals surface area (Å²) >= 11 is 0. The number of hydrogen-bond acceptors (Lipinski definition) is 2. The van der Waals surface area contributed by atoms with E-state index in [4.69, 9.17) is 0 Å². The molecule has 4 rings (SSSR count). The third-order valence-electron chi connectivity index (χ3n) is 5.41. The number of nitrogens with zero attached hydrogens (tertiary/aromatic N) is 1. The Bertz CT molecular complexity index is 561. The van der Waals surface area contributed by atoms with Crippen LogP contribution in [0.2, 0.25) is 0 Å². The first kappa shape index (κ1) is 13.0. The van der Waals surface area contributed by atoms with Gasteiger partial charge in [-0.25, -0.2) is 0 Å². The normalized spacial score (nSPS) is 32.0. The highest BCUT2D eigenvalue weighted by atomic mass is 16.2. The Labute approximate surface area is 124 Å². The number of hydrogen-bond donors (Lipinski definition) is 1. The summed E-state index contributed by atoms with van der Waals surface area (Å²) in [6.45, 7) is 2.40. The number of rotatable bonds is 1. The van der Waals surface area contributed by atoms with Crippen molar-refractivity contribution in [1.82, 2.24) is 4.90 Å². The van der Waals surface area contributed by atoms with Crippen molar-refractivity contribution in [2.75, 3.05) is 13.1 Å². The summed E-state index contributed by atoms with van der Waals surface area (Å²) in [6, 6.07) is 7.79. The predicted octanol–water partition coefficient (Wildman–Crippen LogP) is 0.882. The smallest absolute Gasteiger partial charge is 0.262 e. The summed E-state index contributed by atoms with van der Waals surface area (Å²) in [5.74, 6) is -0.153. The maximum absolute atomic E-state index is 12.7. The lowest BCUT2D eigenvalue weighted by atomic mass is 9.88. The Kier molecular flexibility index (Phi) is 3.07. The Hall–Kier alpha value is -1.68. The van der Waals surface area contributed by atoms with Crippen molar-refractivity contribution in [3.63, 3.8) is 0 Å². The summed E-state index contributed by atoms with van der Waals surface area (Å²) in [6.07, 6.45) is 5.74. The minimum Gasteiger partial charge on any atom is -0.331 e. The number of imide groups is 1. The fourth-order valence-corrected chi connectivity index (χ4v) is 4.44. The number of carbonyl (C=O) groups is 2. The van der Waals surface area contributed by atoms with Crippen molar-refractivity contribution in [1.29, 1.82) is 0 Å². The summed E-state index contributed by atoms with van der Waals surface area (Å²) in [5, 5.41) is 0. The molecule has 2 amide bonds. The van der Waals surface area contributed by atoms with E-state index in [2.05, 4.69) is 0 Å². The number of piperidine rings is 2. The van der Waals surface area contributed by atoms with Gasteiger partial charge in [-0.1, -0.05) is 12.1 Å². The molecular formula is C17H21N2O2+. The summed E-state index contributed by atoms with van der Waals surface area (Å²) in [4.78, 5) is 28.5. The highest BCUT2D eigenvalue weighted by Gasteiger charge is 2.47. The molecule has 1 N–H and O–H groups in total. The molecule has 0 aliphatic carbocycles. The van der Waals surface area contributed by atoms with E-state index in [1.54, 1.807) is 21.9 Å². The van der Waals surface area contributed by atoms with Crippen molar-refractivity contribution in [2.45, 2.75) is 44.2 Å². The monoisotopic (exact) mass is 285 g/mol. The molecule has 0 aromatic heterocycles. The second-order valence-corrected chi connectivity index (χ2v) is 6.50. The van der Waals surface area contributed by atoms with E-state index < -0.39 is 0 Å². The molecule has 3 atom stereocenters. The van der Waals surface area contributed by atoms with Crippen LogP contribution in [0.3, 0.4) is 0 Å². The first-order valence-electron chi connectivity index (χ1n) is 8.09. The average molecular weight is 285 g/mol. The third kappa shape index (κ3) is 1.93. The lowest BCUT2D eigenvalue weighted by Gasteiger charge is -2.43. The van der Waals surface area contributed by atoms with Crippen LogP contribution in [0.5, 0.6) is 0 Å². The van der Waals surface area contributed by atoms with Gasteiger partial charge >= 0.3 is 0 Å². The van der Waals surface area contributed by atoms with Gasteiger partial charge in [-0.3, -0.25) is 14.5 Å². The van der Waals surface area contributed by atoms with Crippen LogP contribution in [0.25, 0.3) is 0 Å². The van der Waals surface area contributed by atoms with E-state index >= 15 is 0 Å². The van der Waals surface area contributed by atoms with Gasteiger partial charge in [0, 0.05) is 6.42 Å². The molecule has 3 heterocycles. The van der Waals surface area contributed by atoms with Crippen LogP contribution in [0.1, 0.15) is 52.8 Å². The van der Waals surface area contributed by atoms with Gasteiger partial charge in [0.05, 0.1) is 30.3 Å². The molecule has 1 aromatic rings. The lowest BCUT2D eigenvalue weighted by Crippen LogP contribution is -3.19. The molecule has 4 nitrogen and oxygen atoms in total. The number of fused-ring (bicyclic) bond motifs is 2. The molecule has 0 bridgehead atoms. The molecule has 0 radical (unpaired) electrons. The largest absolute Gasteiger partial charge is 0.331 e. The molecule has 1 aromatic carbocycles. The van der Waals surface area contributed by atoms with Crippen LogP contribution in [0, 0.1) is 0 Å². The van der Waals surface area contributed by atoms with E-state index in [1.807, 2.05) is 12.1 Å². The Morgan fingerprint density at radius 3 is 2.29 bits per heavy atom. The van der Waals surface area contributed by atoms with E-state index in [0.717, 1.165) is 19.3 Å². The van der Waals surface area contributed by atoms with Crippen molar-refractivity contribution >= 4 is 11.8 Å². The maximum atomic E-state index is 12.7. The van der Waals surface area contributed by atoms with Gasteiger partial charge in [0.15, 0.2) is 0 Å². The van der Waals surface area contributed by atoms with Crippen molar-refractivity contribution < 1.29 is 14.5 Å². The van der Waals surface area contributed by atoms with Crippen LogP contribution >= 0.6 is 0 Å². The minimum atomic E-state index is -0.0765. The number of carbonyl (C=O) groups excluding carboxylic acids is 2. The first-order chi connectivity index (χ1) is 10.3. The van der Waals surface area contributed by atoms with E-state index in [9.17, 15) is 9.59 Å². The number of benzene rings is 1. The minimum absolute atomic E-state index is 0.0765. The van der Waals surface area contributed by atoms with Crippen LogP contribution < -0.4 is 4.90 Å². The molecule has 2 fully saturated rings. The predicted molar refractivity (Wildman–Crippen MR) is 78.3 cm³/mol. The van der Waals surface area contributed by atoms with E-state index in [-0.39, 0.29) is 17.9 Å². The molecule has 0 spiro atoms. The fraction of sp³-hybridized carbons (Fsp3) is 0.529. The second-order valence-electron chi connectivity index (χ2n) is 6.50. The molecule has 4 heteroatoms. The maximum Gasteiger partial charge on any atom is 0.262 e. The summed E-state index contributed by atoms with van der Waals surface area (Å²) in [7, 11) is 0. The zero-order valence-electron chi connectivity index (χ0n) is 12.2. The number of quaternary nitrogens is 1. The van der Waals surface area contributed by atoms with Gasteiger partial charge in [0.2, 0.25) is 0 Å². The zero-order chi connectivity index (χ0) is 14.4. The average Bonchev–Trinajstić information content (AvgIpc) is 2.79. The molecule has 110 valence electrons. The summed E-state index contributed by atoms with van der Waals surface area (Å²) in [5.41, 5.74) is 1.18. The second kappa shape index (κ2) is 4.95. The Morgan fingerprint density at radius 1 is 0.905 bits per heavy atom. The quantitative estimate of drug-likeness (QED) is 0.778. The van der Waals surface area contributed by atoms with Crippen molar-refractivity contribution in [3.05, 3.63) is 35.4 Å².